The molecule has 2 aromatic rings. The van der Waals surface area contributed by atoms with E-state index in [0.29, 0.717) is 13.1 Å². The molecule has 6 nitrogen and oxygen atoms in total. The zero-order valence-electron chi connectivity index (χ0n) is 15.4. The number of aryl methyl sites for hydroxylation is 3. The number of rotatable bonds is 4. The van der Waals surface area contributed by atoms with E-state index in [1.54, 1.807) is 11.9 Å². The minimum Gasteiger partial charge on any atom is -0.374 e. The van der Waals surface area contributed by atoms with Gasteiger partial charge in [0.25, 0.3) is 0 Å². The summed E-state index contributed by atoms with van der Waals surface area (Å²) >= 11 is 0. The van der Waals surface area contributed by atoms with Gasteiger partial charge in [-0.05, 0) is 43.9 Å². The minimum atomic E-state index is -0.102. The maximum Gasteiger partial charge on any atom is 0.317 e. The zero-order valence-corrected chi connectivity index (χ0v) is 15.4. The Kier molecular flexibility index (Phi) is 4.97. The van der Waals surface area contributed by atoms with Crippen LogP contribution in [0.15, 0.2) is 22.7 Å². The van der Waals surface area contributed by atoms with Gasteiger partial charge in [0, 0.05) is 38.4 Å². The summed E-state index contributed by atoms with van der Waals surface area (Å²) in [5, 5.41) is 6.92. The predicted molar refractivity (Wildman–Crippen MR) is 97.7 cm³/mol. The summed E-state index contributed by atoms with van der Waals surface area (Å²) in [7, 11) is 3.91. The molecule has 0 saturated carbocycles. The second-order valence-electron chi connectivity index (χ2n) is 6.81. The molecule has 1 aromatic carbocycles. The van der Waals surface area contributed by atoms with Crippen LogP contribution in [-0.2, 0) is 19.5 Å². The predicted octanol–water partition coefficient (Wildman–Crippen LogP) is 3.02. The molecule has 0 radical (unpaired) electrons. The number of aromatic nitrogens is 1. The number of fused-ring (bicyclic) bond motifs is 1. The van der Waals surface area contributed by atoms with Crippen molar-refractivity contribution in [2.75, 3.05) is 25.5 Å². The van der Waals surface area contributed by atoms with Crippen molar-refractivity contribution in [2.45, 2.75) is 39.8 Å². The number of hydrogen-bond donors (Lipinski definition) is 1. The van der Waals surface area contributed by atoms with Gasteiger partial charge in [0.05, 0.1) is 12.2 Å². The van der Waals surface area contributed by atoms with E-state index in [9.17, 15) is 4.79 Å². The Morgan fingerprint density at radius 2 is 2.20 bits per heavy atom. The minimum absolute atomic E-state index is 0.102. The van der Waals surface area contributed by atoms with Crippen LogP contribution < -0.4 is 10.2 Å². The molecule has 1 aromatic heterocycles. The SMILES string of the molecule is Cc1noc(C)c1CN(C)C(=O)NCc1ccc2c(c1)CCCN2C. The summed E-state index contributed by atoms with van der Waals surface area (Å²) < 4.78 is 5.15. The molecule has 1 N–H and O–H groups in total. The first-order chi connectivity index (χ1) is 12.0. The van der Waals surface area contributed by atoms with Gasteiger partial charge in [0.15, 0.2) is 0 Å². The molecular weight excluding hydrogens is 316 g/mol. The largest absolute Gasteiger partial charge is 0.374 e. The second kappa shape index (κ2) is 7.17. The van der Waals surface area contributed by atoms with E-state index in [0.717, 1.165) is 35.5 Å². The maximum atomic E-state index is 12.4. The van der Waals surface area contributed by atoms with Crippen molar-refractivity contribution >= 4 is 11.7 Å². The summed E-state index contributed by atoms with van der Waals surface area (Å²) in [4.78, 5) is 16.3. The highest BCUT2D eigenvalue weighted by Gasteiger charge is 2.16. The van der Waals surface area contributed by atoms with Gasteiger partial charge in [-0.25, -0.2) is 4.79 Å². The molecular formula is C19H26N4O2. The number of anilines is 1. The van der Waals surface area contributed by atoms with Crippen molar-refractivity contribution in [2.24, 2.45) is 0 Å². The van der Waals surface area contributed by atoms with Gasteiger partial charge in [0.2, 0.25) is 0 Å². The lowest BCUT2D eigenvalue weighted by molar-refractivity contribution is 0.206. The molecule has 25 heavy (non-hydrogen) atoms. The van der Waals surface area contributed by atoms with E-state index in [1.165, 1.54) is 17.7 Å². The van der Waals surface area contributed by atoms with Crippen LogP contribution >= 0.6 is 0 Å². The van der Waals surface area contributed by atoms with Crippen molar-refractivity contribution < 1.29 is 9.32 Å². The normalized spacial score (nSPS) is 13.5. The van der Waals surface area contributed by atoms with Crippen LogP contribution in [0.25, 0.3) is 0 Å². The number of hydrogen-bond acceptors (Lipinski definition) is 4. The molecule has 0 saturated heterocycles. The molecule has 6 heteroatoms. The van der Waals surface area contributed by atoms with E-state index in [2.05, 4.69) is 40.6 Å². The Hall–Kier alpha value is -2.50. The molecule has 0 atom stereocenters. The van der Waals surface area contributed by atoms with E-state index in [-0.39, 0.29) is 6.03 Å². The highest BCUT2D eigenvalue weighted by molar-refractivity contribution is 5.74. The summed E-state index contributed by atoms with van der Waals surface area (Å²) in [5.74, 6) is 0.760. The lowest BCUT2D eigenvalue weighted by atomic mass is 9.99. The van der Waals surface area contributed by atoms with Crippen LogP contribution in [0.3, 0.4) is 0 Å². The van der Waals surface area contributed by atoms with Gasteiger partial charge >= 0.3 is 6.03 Å². The number of amides is 2. The van der Waals surface area contributed by atoms with Crippen LogP contribution in [0.4, 0.5) is 10.5 Å². The van der Waals surface area contributed by atoms with Crippen LogP contribution in [0, 0.1) is 13.8 Å². The Balaban J connectivity index is 1.58. The molecule has 1 aliphatic heterocycles. The average Bonchev–Trinajstić information content (AvgIpc) is 2.91. The van der Waals surface area contributed by atoms with Crippen LogP contribution in [0.5, 0.6) is 0 Å². The fraction of sp³-hybridized carbons (Fsp3) is 0.474. The summed E-state index contributed by atoms with van der Waals surface area (Å²) in [6.07, 6.45) is 2.28. The third-order valence-electron chi connectivity index (χ3n) is 4.86. The van der Waals surface area contributed by atoms with E-state index in [1.807, 2.05) is 13.8 Å². The number of nitrogens with one attached hydrogen (secondary N) is 1. The molecule has 0 fully saturated rings. The number of carbonyl (C=O) groups excluding carboxylic acids is 1. The Labute approximate surface area is 148 Å². The topological polar surface area (TPSA) is 61.6 Å². The van der Waals surface area contributed by atoms with Crippen molar-refractivity contribution in [3.8, 4) is 0 Å². The second-order valence-corrected chi connectivity index (χ2v) is 6.81. The zero-order chi connectivity index (χ0) is 18.0. The van der Waals surface area contributed by atoms with Crippen molar-refractivity contribution in [3.05, 3.63) is 46.3 Å². The van der Waals surface area contributed by atoms with Crippen LogP contribution in [-0.4, -0.2) is 36.7 Å². The van der Waals surface area contributed by atoms with Crippen molar-refractivity contribution in [3.63, 3.8) is 0 Å². The third-order valence-corrected chi connectivity index (χ3v) is 4.86. The Morgan fingerprint density at radius 1 is 1.40 bits per heavy atom. The first kappa shape index (κ1) is 17.3. The lowest BCUT2D eigenvalue weighted by Crippen LogP contribution is -2.36. The summed E-state index contributed by atoms with van der Waals surface area (Å²) in [6.45, 7) is 5.88. The standard InChI is InChI=1S/C19H26N4O2/c1-13-17(14(2)25-21-13)12-23(4)19(24)20-11-15-7-8-18-16(10-15)6-5-9-22(18)3/h7-8,10H,5-6,9,11-12H2,1-4H3,(H,20,24). The van der Waals surface area contributed by atoms with Crippen molar-refractivity contribution in [1.29, 1.82) is 0 Å². The fourth-order valence-electron chi connectivity index (χ4n) is 3.30. The Bertz CT molecular complexity index is 749. The number of nitrogens with zero attached hydrogens (tertiary/aromatic N) is 3. The lowest BCUT2D eigenvalue weighted by Gasteiger charge is -2.28. The first-order valence-electron chi connectivity index (χ1n) is 8.69. The van der Waals surface area contributed by atoms with Gasteiger partial charge in [-0.15, -0.1) is 0 Å². The molecule has 1 aliphatic rings. The number of carbonyl (C=O) groups is 1. The smallest absolute Gasteiger partial charge is 0.317 e. The van der Waals surface area contributed by atoms with Crippen LogP contribution in [0.2, 0.25) is 0 Å². The van der Waals surface area contributed by atoms with Gasteiger partial charge < -0.3 is 19.6 Å². The Morgan fingerprint density at radius 3 is 2.92 bits per heavy atom. The molecule has 2 heterocycles. The summed E-state index contributed by atoms with van der Waals surface area (Å²) in [5.41, 5.74) is 5.60. The molecule has 134 valence electrons. The number of benzene rings is 1. The monoisotopic (exact) mass is 342 g/mol. The quantitative estimate of drug-likeness (QED) is 0.928. The molecule has 0 bridgehead atoms. The molecule has 0 unspecified atom stereocenters. The highest BCUT2D eigenvalue weighted by atomic mass is 16.5. The molecule has 0 aliphatic carbocycles. The first-order valence-corrected chi connectivity index (χ1v) is 8.69. The number of urea groups is 1. The average molecular weight is 342 g/mol. The van der Waals surface area contributed by atoms with E-state index in [4.69, 9.17) is 4.52 Å². The fourth-order valence-corrected chi connectivity index (χ4v) is 3.30. The van der Waals surface area contributed by atoms with Crippen molar-refractivity contribution in [1.82, 2.24) is 15.4 Å². The van der Waals surface area contributed by atoms with Gasteiger partial charge in [-0.3, -0.25) is 0 Å². The van der Waals surface area contributed by atoms with Gasteiger partial charge in [-0.2, -0.15) is 0 Å². The van der Waals surface area contributed by atoms with E-state index < -0.39 is 0 Å². The highest BCUT2D eigenvalue weighted by Crippen LogP contribution is 2.26. The third kappa shape index (κ3) is 3.78. The van der Waals surface area contributed by atoms with Gasteiger partial charge in [0.1, 0.15) is 5.76 Å². The van der Waals surface area contributed by atoms with Crippen LogP contribution in [0.1, 0.15) is 34.6 Å². The van der Waals surface area contributed by atoms with E-state index >= 15 is 0 Å². The maximum absolute atomic E-state index is 12.4. The van der Waals surface area contributed by atoms with Gasteiger partial charge in [-0.1, -0.05) is 17.3 Å². The molecule has 2 amide bonds. The molecule has 0 spiro atoms. The summed E-state index contributed by atoms with van der Waals surface area (Å²) in [6, 6.07) is 6.35. The molecule has 3 rings (SSSR count).